The summed E-state index contributed by atoms with van der Waals surface area (Å²) in [6, 6.07) is 9.24. The molecule has 1 saturated heterocycles. The molecule has 0 saturated carbocycles. The van der Waals surface area contributed by atoms with Gasteiger partial charge in [-0.15, -0.1) is 0 Å². The molecular weight excluding hydrogens is 362 g/mol. The first kappa shape index (κ1) is 16.7. The van der Waals surface area contributed by atoms with Crippen molar-refractivity contribution in [2.24, 2.45) is 0 Å². The monoisotopic (exact) mass is 381 g/mol. The van der Waals surface area contributed by atoms with Crippen LogP contribution in [0.4, 0.5) is 5.82 Å². The quantitative estimate of drug-likeness (QED) is 0.743. The number of ether oxygens (including phenoxy) is 1. The molecular formula is C19H19N5O2S. The van der Waals surface area contributed by atoms with Gasteiger partial charge < -0.3 is 10.1 Å². The smallest absolute Gasteiger partial charge is 0.267 e. The predicted octanol–water partition coefficient (Wildman–Crippen LogP) is 2.03. The predicted molar refractivity (Wildman–Crippen MR) is 105 cm³/mol. The normalized spacial score (nSPS) is 21.9. The van der Waals surface area contributed by atoms with Gasteiger partial charge in [0.15, 0.2) is 0 Å². The second kappa shape index (κ2) is 6.94. The number of aromatic nitrogens is 4. The van der Waals surface area contributed by atoms with Gasteiger partial charge in [-0.2, -0.15) is 16.9 Å². The molecule has 8 heteroatoms. The van der Waals surface area contributed by atoms with Crippen molar-refractivity contribution < 1.29 is 4.74 Å². The van der Waals surface area contributed by atoms with Gasteiger partial charge in [0, 0.05) is 18.2 Å². The molecule has 1 aromatic carbocycles. The standard InChI is InChI=1S/C19H19N5O2S/c25-19-7-12-11-27-6-5-13(12)23-24(19)17-10-26-9-16(17)22-18-8-20-14-3-1-2-4-15(14)21-18/h1-4,7-8,16-17H,5-6,9-11H2,(H,21,22). The summed E-state index contributed by atoms with van der Waals surface area (Å²) in [5, 5.41) is 8.06. The highest BCUT2D eigenvalue weighted by Crippen LogP contribution is 2.25. The first-order chi connectivity index (χ1) is 13.3. The number of rotatable bonds is 3. The van der Waals surface area contributed by atoms with Crippen LogP contribution in [0.2, 0.25) is 0 Å². The summed E-state index contributed by atoms with van der Waals surface area (Å²) in [5.74, 6) is 2.60. The number of fused-ring (bicyclic) bond motifs is 2. The fraction of sp³-hybridized carbons (Fsp3) is 0.368. The van der Waals surface area contributed by atoms with Crippen LogP contribution in [0.15, 0.2) is 41.3 Å². The van der Waals surface area contributed by atoms with Gasteiger partial charge in [-0.1, -0.05) is 12.1 Å². The average molecular weight is 381 g/mol. The molecule has 3 aromatic rings. The second-order valence-electron chi connectivity index (χ2n) is 6.80. The molecule has 2 atom stereocenters. The molecule has 0 radical (unpaired) electrons. The van der Waals surface area contributed by atoms with E-state index in [4.69, 9.17) is 4.74 Å². The summed E-state index contributed by atoms with van der Waals surface area (Å²) in [4.78, 5) is 21.7. The molecule has 7 nitrogen and oxygen atoms in total. The molecule has 27 heavy (non-hydrogen) atoms. The van der Waals surface area contributed by atoms with Crippen LogP contribution in [0.25, 0.3) is 11.0 Å². The molecule has 2 unspecified atom stereocenters. The van der Waals surface area contributed by atoms with Crippen molar-refractivity contribution in [3.8, 4) is 0 Å². The zero-order valence-electron chi connectivity index (χ0n) is 14.7. The third-order valence-corrected chi connectivity index (χ3v) is 6.02. The molecule has 2 aliphatic rings. The maximum Gasteiger partial charge on any atom is 0.267 e. The Bertz CT molecular complexity index is 1050. The van der Waals surface area contributed by atoms with E-state index in [1.165, 1.54) is 0 Å². The summed E-state index contributed by atoms with van der Waals surface area (Å²) < 4.78 is 7.26. The van der Waals surface area contributed by atoms with Crippen molar-refractivity contribution in [3.63, 3.8) is 0 Å². The molecule has 5 rings (SSSR count). The first-order valence-corrected chi connectivity index (χ1v) is 10.2. The summed E-state index contributed by atoms with van der Waals surface area (Å²) in [7, 11) is 0. The largest absolute Gasteiger partial charge is 0.377 e. The van der Waals surface area contributed by atoms with Gasteiger partial charge in [-0.05, 0) is 23.4 Å². The van der Waals surface area contributed by atoms with Gasteiger partial charge in [-0.3, -0.25) is 9.78 Å². The number of thioether (sulfide) groups is 1. The van der Waals surface area contributed by atoms with E-state index in [1.807, 2.05) is 36.0 Å². The van der Waals surface area contributed by atoms with E-state index in [2.05, 4.69) is 20.4 Å². The van der Waals surface area contributed by atoms with E-state index in [0.29, 0.717) is 19.0 Å². The lowest BCUT2D eigenvalue weighted by molar-refractivity contribution is 0.182. The average Bonchev–Trinajstić information content (AvgIpc) is 3.15. The zero-order valence-corrected chi connectivity index (χ0v) is 15.5. The number of hydrogen-bond donors (Lipinski definition) is 1. The number of para-hydroxylation sites is 2. The van der Waals surface area contributed by atoms with Crippen LogP contribution in [0, 0.1) is 0 Å². The van der Waals surface area contributed by atoms with E-state index in [1.54, 1.807) is 16.9 Å². The zero-order chi connectivity index (χ0) is 18.2. The number of nitrogens with zero attached hydrogens (tertiary/aromatic N) is 4. The van der Waals surface area contributed by atoms with E-state index >= 15 is 0 Å². The highest BCUT2D eigenvalue weighted by atomic mass is 32.2. The second-order valence-corrected chi connectivity index (χ2v) is 7.91. The summed E-state index contributed by atoms with van der Waals surface area (Å²) in [6.07, 6.45) is 2.63. The van der Waals surface area contributed by atoms with Gasteiger partial charge in [0.1, 0.15) is 11.9 Å². The van der Waals surface area contributed by atoms with Crippen LogP contribution in [0.3, 0.4) is 0 Å². The minimum atomic E-state index is -0.161. The highest BCUT2D eigenvalue weighted by molar-refractivity contribution is 7.98. The summed E-state index contributed by atoms with van der Waals surface area (Å²) >= 11 is 1.85. The fourth-order valence-corrected chi connectivity index (χ4v) is 4.56. The SMILES string of the molecule is O=c1cc2c(nn1C1COCC1Nc1cnc3ccccc3n1)CCSC2. The topological polar surface area (TPSA) is 81.9 Å². The maximum absolute atomic E-state index is 12.6. The van der Waals surface area contributed by atoms with Crippen molar-refractivity contribution in [1.29, 1.82) is 0 Å². The minimum absolute atomic E-state index is 0.0665. The van der Waals surface area contributed by atoms with Crippen LogP contribution in [0.5, 0.6) is 0 Å². The molecule has 2 aromatic heterocycles. The lowest BCUT2D eigenvalue weighted by Gasteiger charge is -2.23. The van der Waals surface area contributed by atoms with E-state index in [-0.39, 0.29) is 17.6 Å². The van der Waals surface area contributed by atoms with Gasteiger partial charge in [0.2, 0.25) is 0 Å². The van der Waals surface area contributed by atoms with Gasteiger partial charge in [0.25, 0.3) is 5.56 Å². The molecule has 4 heterocycles. The molecule has 0 aliphatic carbocycles. The lowest BCUT2D eigenvalue weighted by atomic mass is 10.1. The van der Waals surface area contributed by atoms with E-state index < -0.39 is 0 Å². The Morgan fingerprint density at radius 2 is 2.11 bits per heavy atom. The van der Waals surface area contributed by atoms with Crippen molar-refractivity contribution in [2.45, 2.75) is 24.3 Å². The highest BCUT2D eigenvalue weighted by Gasteiger charge is 2.32. The van der Waals surface area contributed by atoms with Crippen molar-refractivity contribution >= 4 is 28.6 Å². The first-order valence-electron chi connectivity index (χ1n) is 9.03. The molecule has 1 fully saturated rings. The fourth-order valence-electron chi connectivity index (χ4n) is 3.60. The Balaban J connectivity index is 1.44. The van der Waals surface area contributed by atoms with Crippen molar-refractivity contribution in [3.05, 3.63) is 58.1 Å². The Morgan fingerprint density at radius 3 is 3.04 bits per heavy atom. The Kier molecular flexibility index (Phi) is 4.29. The van der Waals surface area contributed by atoms with Gasteiger partial charge >= 0.3 is 0 Å². The molecule has 138 valence electrons. The Labute approximate surface area is 160 Å². The number of nitrogens with one attached hydrogen (secondary N) is 1. The van der Waals surface area contributed by atoms with Gasteiger partial charge in [-0.25, -0.2) is 9.67 Å². The number of anilines is 1. The summed E-state index contributed by atoms with van der Waals surface area (Å²) in [6.45, 7) is 0.958. The molecule has 0 spiro atoms. The lowest BCUT2D eigenvalue weighted by Crippen LogP contribution is -2.38. The van der Waals surface area contributed by atoms with Crippen LogP contribution >= 0.6 is 11.8 Å². The van der Waals surface area contributed by atoms with Crippen LogP contribution in [-0.2, 0) is 16.9 Å². The number of hydrogen-bond acceptors (Lipinski definition) is 7. The summed E-state index contributed by atoms with van der Waals surface area (Å²) in [5.41, 5.74) is 3.72. The minimum Gasteiger partial charge on any atom is -0.377 e. The van der Waals surface area contributed by atoms with Crippen molar-refractivity contribution in [2.75, 3.05) is 24.3 Å². The molecule has 1 N–H and O–H groups in total. The Morgan fingerprint density at radius 1 is 1.22 bits per heavy atom. The van der Waals surface area contributed by atoms with E-state index in [9.17, 15) is 4.79 Å². The number of aryl methyl sites for hydroxylation is 1. The van der Waals surface area contributed by atoms with Gasteiger partial charge in [0.05, 0.1) is 42.2 Å². The molecule has 0 bridgehead atoms. The van der Waals surface area contributed by atoms with Crippen LogP contribution in [0.1, 0.15) is 17.3 Å². The molecule has 2 aliphatic heterocycles. The Hall–Kier alpha value is -2.45. The molecule has 0 amide bonds. The van der Waals surface area contributed by atoms with E-state index in [0.717, 1.165) is 40.2 Å². The van der Waals surface area contributed by atoms with Crippen LogP contribution < -0.4 is 10.9 Å². The van der Waals surface area contributed by atoms with Crippen LogP contribution in [-0.4, -0.2) is 44.8 Å². The number of benzene rings is 1. The third-order valence-electron chi connectivity index (χ3n) is 5.01. The third kappa shape index (κ3) is 3.19. The van der Waals surface area contributed by atoms with Crippen molar-refractivity contribution in [1.82, 2.24) is 19.7 Å². The maximum atomic E-state index is 12.6.